The number of carbonyl (C=O) groups is 1. The maximum atomic E-state index is 12.7. The molecule has 3 heterocycles. The lowest BCUT2D eigenvalue weighted by Crippen LogP contribution is -2.38. The molecule has 1 aromatic heterocycles. The van der Waals surface area contributed by atoms with Gasteiger partial charge in [0, 0.05) is 36.5 Å². The molecule has 0 bridgehead atoms. The molecule has 7 nitrogen and oxygen atoms in total. The summed E-state index contributed by atoms with van der Waals surface area (Å²) in [6, 6.07) is 18.0. The largest absolute Gasteiger partial charge is 0.378 e. The van der Waals surface area contributed by atoms with Crippen LogP contribution >= 0.6 is 15.9 Å². The molecule has 2 aliphatic heterocycles. The van der Waals surface area contributed by atoms with Crippen LogP contribution < -0.4 is 4.90 Å². The van der Waals surface area contributed by atoms with Crippen LogP contribution in [0.3, 0.4) is 0 Å². The minimum atomic E-state index is -0.212. The Labute approximate surface area is 201 Å². The normalized spacial score (nSPS) is 18.5. The summed E-state index contributed by atoms with van der Waals surface area (Å²) in [5, 5.41) is 11.3. The van der Waals surface area contributed by atoms with E-state index in [1.54, 1.807) is 11.9 Å². The fourth-order valence-electron chi connectivity index (χ4n) is 4.59. The molecule has 0 saturated carbocycles. The van der Waals surface area contributed by atoms with E-state index in [1.165, 1.54) is 0 Å². The Hall–Kier alpha value is -2.97. The van der Waals surface area contributed by atoms with E-state index in [-0.39, 0.29) is 11.9 Å². The fraction of sp³-hybridized carbons (Fsp3) is 0.320. The zero-order valence-corrected chi connectivity index (χ0v) is 20.3. The molecule has 8 heteroatoms. The summed E-state index contributed by atoms with van der Waals surface area (Å²) in [6.07, 6.45) is 0.639. The number of nitrogens with zero attached hydrogens (tertiary/aromatic N) is 5. The van der Waals surface area contributed by atoms with Gasteiger partial charge >= 0.3 is 0 Å². The van der Waals surface area contributed by atoms with Crippen LogP contribution in [0.25, 0.3) is 5.69 Å². The van der Waals surface area contributed by atoms with Gasteiger partial charge in [-0.1, -0.05) is 46.3 Å². The highest BCUT2D eigenvalue weighted by molar-refractivity contribution is 9.10. The first kappa shape index (κ1) is 21.9. The summed E-state index contributed by atoms with van der Waals surface area (Å²) in [6.45, 7) is 6.48. The van der Waals surface area contributed by atoms with E-state index < -0.39 is 0 Å². The van der Waals surface area contributed by atoms with Crippen molar-refractivity contribution in [3.63, 3.8) is 0 Å². The van der Waals surface area contributed by atoms with E-state index in [1.807, 2.05) is 54.1 Å². The van der Waals surface area contributed by atoms with Crippen molar-refractivity contribution in [2.75, 3.05) is 31.2 Å². The monoisotopic (exact) mass is 507 g/mol. The van der Waals surface area contributed by atoms with Crippen molar-refractivity contribution in [2.24, 2.45) is 5.10 Å². The first-order valence-electron chi connectivity index (χ1n) is 11.1. The number of aryl methyl sites for hydroxylation is 1. The third-order valence-corrected chi connectivity index (χ3v) is 6.67. The number of morpholine rings is 1. The van der Waals surface area contributed by atoms with Crippen LogP contribution in [0.4, 0.5) is 5.82 Å². The molecule has 0 aliphatic carbocycles. The number of hydrogen-bond acceptors (Lipinski definition) is 5. The van der Waals surface area contributed by atoms with Gasteiger partial charge in [0.2, 0.25) is 5.91 Å². The van der Waals surface area contributed by atoms with Gasteiger partial charge < -0.3 is 9.64 Å². The van der Waals surface area contributed by atoms with E-state index in [0.717, 1.165) is 51.6 Å². The van der Waals surface area contributed by atoms with Crippen LogP contribution in [-0.2, 0) is 9.53 Å². The number of carbonyl (C=O) groups excluding carboxylic acids is 1. The lowest BCUT2D eigenvalue weighted by molar-refractivity contribution is -0.130. The Bertz CT molecular complexity index is 1180. The average molecular weight is 508 g/mol. The van der Waals surface area contributed by atoms with Crippen LogP contribution in [0.1, 0.15) is 36.2 Å². The number of amides is 1. The zero-order chi connectivity index (χ0) is 22.9. The van der Waals surface area contributed by atoms with Crippen molar-refractivity contribution in [1.82, 2.24) is 14.8 Å². The number of rotatable bonds is 4. The molecule has 1 saturated heterocycles. The molecule has 3 aromatic rings. The summed E-state index contributed by atoms with van der Waals surface area (Å²) < 4.78 is 8.64. The Kier molecular flexibility index (Phi) is 6.03. The van der Waals surface area contributed by atoms with E-state index in [0.29, 0.717) is 19.6 Å². The fourth-order valence-corrected chi connectivity index (χ4v) is 4.85. The minimum absolute atomic E-state index is 0.0769. The van der Waals surface area contributed by atoms with E-state index >= 15 is 0 Å². The second kappa shape index (κ2) is 9.11. The number of hydrazone groups is 1. The number of anilines is 1. The smallest absolute Gasteiger partial charge is 0.240 e. The zero-order valence-electron chi connectivity index (χ0n) is 18.7. The summed E-state index contributed by atoms with van der Waals surface area (Å²) in [4.78, 5) is 15.0. The highest BCUT2D eigenvalue weighted by atomic mass is 79.9. The third kappa shape index (κ3) is 4.20. The molecule has 0 N–H and O–H groups in total. The van der Waals surface area contributed by atoms with Crippen molar-refractivity contribution in [2.45, 2.75) is 26.3 Å². The van der Waals surface area contributed by atoms with Crippen molar-refractivity contribution >= 4 is 33.4 Å². The number of ether oxygens (including phenoxy) is 1. The predicted octanol–water partition coefficient (Wildman–Crippen LogP) is 4.48. The molecule has 33 heavy (non-hydrogen) atoms. The number of benzene rings is 2. The van der Waals surface area contributed by atoms with Crippen LogP contribution in [0.2, 0.25) is 0 Å². The average Bonchev–Trinajstić information content (AvgIpc) is 3.42. The van der Waals surface area contributed by atoms with Gasteiger partial charge in [-0.3, -0.25) is 4.79 Å². The van der Waals surface area contributed by atoms with Crippen molar-refractivity contribution in [1.29, 1.82) is 0 Å². The van der Waals surface area contributed by atoms with E-state index in [4.69, 9.17) is 14.9 Å². The Morgan fingerprint density at radius 1 is 1.06 bits per heavy atom. The van der Waals surface area contributed by atoms with E-state index in [9.17, 15) is 4.79 Å². The number of halogens is 1. The lowest BCUT2D eigenvalue weighted by Gasteiger charge is -2.32. The van der Waals surface area contributed by atoms with Crippen molar-refractivity contribution in [3.05, 3.63) is 75.9 Å². The van der Waals surface area contributed by atoms with Gasteiger partial charge in [-0.2, -0.15) is 10.2 Å². The summed E-state index contributed by atoms with van der Waals surface area (Å²) in [5.74, 6) is 0.942. The molecule has 0 radical (unpaired) electrons. The standard InChI is InChI=1S/C25H26BrN5O2/c1-17-24(23-16-22(28-30(23)18(2)32)19-8-10-20(26)11-9-19)25(29-12-14-33-15-13-29)31(27-17)21-6-4-3-5-7-21/h3-11,23H,12-16H2,1-2H3. The van der Waals surface area contributed by atoms with Gasteiger partial charge in [0.1, 0.15) is 5.82 Å². The third-order valence-electron chi connectivity index (χ3n) is 6.14. The minimum Gasteiger partial charge on any atom is -0.378 e. The summed E-state index contributed by atoms with van der Waals surface area (Å²) in [5.41, 5.74) is 4.88. The second-order valence-corrected chi connectivity index (χ2v) is 9.22. The number of aromatic nitrogens is 2. The molecule has 0 spiro atoms. The maximum absolute atomic E-state index is 12.7. The Balaban J connectivity index is 1.61. The molecular formula is C25H26BrN5O2. The SMILES string of the molecule is CC(=O)N1N=C(c2ccc(Br)cc2)CC1c1c(C)nn(-c2ccccc2)c1N1CCOCC1. The predicted molar refractivity (Wildman–Crippen MR) is 132 cm³/mol. The molecule has 2 aromatic carbocycles. The molecule has 2 aliphatic rings. The van der Waals surface area contributed by atoms with Crippen molar-refractivity contribution < 1.29 is 9.53 Å². The molecule has 1 unspecified atom stereocenters. The summed E-state index contributed by atoms with van der Waals surface area (Å²) >= 11 is 3.49. The number of hydrogen-bond donors (Lipinski definition) is 0. The van der Waals surface area contributed by atoms with Gasteiger partial charge in [0.15, 0.2) is 0 Å². The molecule has 170 valence electrons. The van der Waals surface area contributed by atoms with Gasteiger partial charge in [0.25, 0.3) is 0 Å². The van der Waals surface area contributed by atoms with Gasteiger partial charge in [-0.15, -0.1) is 0 Å². The molecule has 1 amide bonds. The highest BCUT2D eigenvalue weighted by Crippen LogP contribution is 2.41. The Morgan fingerprint density at radius 2 is 1.76 bits per heavy atom. The quantitative estimate of drug-likeness (QED) is 0.522. The number of para-hydroxylation sites is 1. The van der Waals surface area contributed by atoms with Crippen LogP contribution in [0.5, 0.6) is 0 Å². The van der Waals surface area contributed by atoms with Crippen LogP contribution in [-0.4, -0.2) is 52.7 Å². The van der Waals surface area contributed by atoms with Crippen LogP contribution in [0.15, 0.2) is 64.2 Å². The maximum Gasteiger partial charge on any atom is 0.240 e. The molecule has 1 atom stereocenters. The topological polar surface area (TPSA) is 63.0 Å². The lowest BCUT2D eigenvalue weighted by atomic mass is 9.97. The first-order chi connectivity index (χ1) is 16.0. The first-order valence-corrected chi connectivity index (χ1v) is 11.9. The highest BCUT2D eigenvalue weighted by Gasteiger charge is 2.37. The van der Waals surface area contributed by atoms with E-state index in [2.05, 4.69) is 33.0 Å². The van der Waals surface area contributed by atoms with Gasteiger partial charge in [-0.05, 0) is 36.8 Å². The van der Waals surface area contributed by atoms with Crippen LogP contribution in [0, 0.1) is 6.92 Å². The molecule has 1 fully saturated rings. The second-order valence-electron chi connectivity index (χ2n) is 8.31. The van der Waals surface area contributed by atoms with Gasteiger partial charge in [0.05, 0.1) is 36.3 Å². The van der Waals surface area contributed by atoms with Crippen molar-refractivity contribution in [3.8, 4) is 5.69 Å². The molecule has 5 rings (SSSR count). The molecular weight excluding hydrogens is 482 g/mol. The summed E-state index contributed by atoms with van der Waals surface area (Å²) in [7, 11) is 0. The van der Waals surface area contributed by atoms with Gasteiger partial charge in [-0.25, -0.2) is 9.69 Å². The Morgan fingerprint density at radius 3 is 2.42 bits per heavy atom.